The number of ether oxygens (including phenoxy) is 3. The average Bonchev–Trinajstić information content (AvgIpc) is 3.16. The first-order chi connectivity index (χ1) is 11.6. The molecule has 4 rings (SSSR count). The van der Waals surface area contributed by atoms with Gasteiger partial charge in [0.05, 0.1) is 25.5 Å². The normalized spacial score (nSPS) is 18.6. The molecule has 1 aromatic carbocycles. The van der Waals surface area contributed by atoms with E-state index in [1.54, 1.807) is 14.2 Å². The lowest BCUT2D eigenvalue weighted by atomic mass is 9.82. The summed E-state index contributed by atoms with van der Waals surface area (Å²) in [6.07, 6.45) is 0. The van der Waals surface area contributed by atoms with E-state index in [0.717, 1.165) is 28.3 Å². The Morgan fingerprint density at radius 2 is 2.04 bits per heavy atom. The fraction of sp³-hybridized carbons (Fsp3) is 0.294. The number of hydrogen-bond donors (Lipinski definition) is 2. The predicted molar refractivity (Wildman–Crippen MR) is 86.3 cm³/mol. The van der Waals surface area contributed by atoms with E-state index in [4.69, 9.17) is 14.2 Å². The van der Waals surface area contributed by atoms with Crippen molar-refractivity contribution in [3.05, 3.63) is 46.3 Å². The number of cyclic esters (lactones) is 1. The smallest absolute Gasteiger partial charge is 0.337 e. The van der Waals surface area contributed by atoms with E-state index in [9.17, 15) is 4.79 Å². The van der Waals surface area contributed by atoms with Crippen LogP contribution >= 0.6 is 0 Å². The molecular formula is C17H17N3O4. The Morgan fingerprint density at radius 3 is 2.79 bits per heavy atom. The van der Waals surface area contributed by atoms with Gasteiger partial charge in [0.15, 0.2) is 17.3 Å². The Labute approximate surface area is 138 Å². The zero-order valence-corrected chi connectivity index (χ0v) is 13.6. The lowest BCUT2D eigenvalue weighted by Crippen LogP contribution is -2.19. The average molecular weight is 327 g/mol. The molecule has 7 heteroatoms. The van der Waals surface area contributed by atoms with Crippen molar-refractivity contribution in [2.24, 2.45) is 0 Å². The Bertz CT molecular complexity index is 869. The molecule has 1 atom stereocenters. The van der Waals surface area contributed by atoms with E-state index in [-0.39, 0.29) is 18.5 Å². The third-order valence-corrected chi connectivity index (χ3v) is 4.47. The van der Waals surface area contributed by atoms with Crippen molar-refractivity contribution in [1.29, 1.82) is 0 Å². The molecule has 3 heterocycles. The molecule has 0 saturated heterocycles. The van der Waals surface area contributed by atoms with Crippen molar-refractivity contribution < 1.29 is 19.0 Å². The van der Waals surface area contributed by atoms with Crippen LogP contribution in [0.25, 0.3) is 0 Å². The van der Waals surface area contributed by atoms with Gasteiger partial charge in [-0.15, -0.1) is 0 Å². The molecule has 2 aromatic rings. The lowest BCUT2D eigenvalue weighted by Gasteiger charge is -2.24. The number of rotatable bonds is 3. The Hall–Kier alpha value is -2.96. The van der Waals surface area contributed by atoms with E-state index in [1.807, 2.05) is 25.1 Å². The van der Waals surface area contributed by atoms with Crippen molar-refractivity contribution in [2.45, 2.75) is 12.8 Å². The van der Waals surface area contributed by atoms with Gasteiger partial charge in [-0.2, -0.15) is 5.10 Å². The molecule has 0 radical (unpaired) electrons. The van der Waals surface area contributed by atoms with Crippen molar-refractivity contribution in [2.75, 3.05) is 26.1 Å². The number of esters is 1. The van der Waals surface area contributed by atoms with Crippen molar-refractivity contribution in [3.8, 4) is 11.5 Å². The lowest BCUT2D eigenvalue weighted by molar-refractivity contribution is -0.136. The number of carbonyl (C=O) groups is 1. The number of H-pyrrole nitrogens is 1. The van der Waals surface area contributed by atoms with Crippen LogP contribution in [-0.2, 0) is 9.53 Å². The van der Waals surface area contributed by atoms with E-state index in [2.05, 4.69) is 15.5 Å². The maximum absolute atomic E-state index is 12.3. The molecule has 1 unspecified atom stereocenters. The highest BCUT2D eigenvalue weighted by atomic mass is 16.5. The summed E-state index contributed by atoms with van der Waals surface area (Å²) in [7, 11) is 3.18. The number of anilines is 1. The maximum atomic E-state index is 12.3. The van der Waals surface area contributed by atoms with Gasteiger partial charge in [0, 0.05) is 17.2 Å². The summed E-state index contributed by atoms with van der Waals surface area (Å²) in [6.45, 7) is 2.18. The number of hydrogen-bond acceptors (Lipinski definition) is 6. The van der Waals surface area contributed by atoms with Gasteiger partial charge in [0.1, 0.15) is 6.61 Å². The molecule has 24 heavy (non-hydrogen) atoms. The molecular weight excluding hydrogens is 310 g/mol. The molecule has 2 N–H and O–H groups in total. The van der Waals surface area contributed by atoms with Gasteiger partial charge in [0.25, 0.3) is 0 Å². The van der Waals surface area contributed by atoms with Crippen LogP contribution in [-0.4, -0.2) is 37.0 Å². The molecule has 0 bridgehead atoms. The van der Waals surface area contributed by atoms with Crippen LogP contribution in [0.5, 0.6) is 11.5 Å². The summed E-state index contributed by atoms with van der Waals surface area (Å²) in [5.74, 6) is 1.42. The molecule has 2 aliphatic rings. The zero-order chi connectivity index (χ0) is 16.8. The highest BCUT2D eigenvalue weighted by molar-refractivity contribution is 5.97. The molecule has 0 saturated carbocycles. The summed E-state index contributed by atoms with van der Waals surface area (Å²) in [4.78, 5) is 12.3. The van der Waals surface area contributed by atoms with Crippen LogP contribution < -0.4 is 14.8 Å². The fourth-order valence-corrected chi connectivity index (χ4v) is 3.35. The minimum absolute atomic E-state index is 0.239. The largest absolute Gasteiger partial charge is 0.493 e. The number of nitrogens with one attached hydrogen (secondary N) is 2. The van der Waals surface area contributed by atoms with Gasteiger partial charge in [-0.1, -0.05) is 6.07 Å². The van der Waals surface area contributed by atoms with Gasteiger partial charge >= 0.3 is 5.97 Å². The number of aromatic nitrogens is 2. The Morgan fingerprint density at radius 1 is 1.25 bits per heavy atom. The molecule has 2 aliphatic heterocycles. The molecule has 7 nitrogen and oxygen atoms in total. The molecule has 0 spiro atoms. The number of fused-ring (bicyclic) bond motifs is 1. The predicted octanol–water partition coefficient (Wildman–Crippen LogP) is 2.10. The van der Waals surface area contributed by atoms with Crippen LogP contribution in [0.3, 0.4) is 0 Å². The minimum atomic E-state index is -0.302. The minimum Gasteiger partial charge on any atom is -0.493 e. The summed E-state index contributed by atoms with van der Waals surface area (Å²) >= 11 is 0. The monoisotopic (exact) mass is 327 g/mol. The van der Waals surface area contributed by atoms with E-state index in [1.165, 1.54) is 0 Å². The zero-order valence-electron chi connectivity index (χ0n) is 13.6. The quantitative estimate of drug-likeness (QED) is 0.840. The third kappa shape index (κ3) is 1.97. The molecule has 124 valence electrons. The first-order valence-corrected chi connectivity index (χ1v) is 7.58. The highest BCUT2D eigenvalue weighted by Crippen LogP contribution is 2.46. The molecule has 1 aromatic heterocycles. The van der Waals surface area contributed by atoms with E-state index in [0.29, 0.717) is 17.1 Å². The maximum Gasteiger partial charge on any atom is 0.337 e. The van der Waals surface area contributed by atoms with Crippen molar-refractivity contribution in [1.82, 2.24) is 10.2 Å². The second-order valence-electron chi connectivity index (χ2n) is 5.75. The Kier molecular flexibility index (Phi) is 3.23. The number of aryl methyl sites for hydroxylation is 1. The molecule has 0 amide bonds. The van der Waals surface area contributed by atoms with Crippen LogP contribution in [0.2, 0.25) is 0 Å². The standard InChI is InChI=1S/C17H17N3O4/c1-8-13-14(9-4-5-11(22-2)12(6-9)23-3)15-10(7-24-17(15)21)18-16(13)20-19-8/h4-6,14H,7H2,1-3H3,(H2,18,19,20). The summed E-state index contributed by atoms with van der Waals surface area (Å²) < 4.78 is 15.9. The molecule has 0 aliphatic carbocycles. The second-order valence-corrected chi connectivity index (χ2v) is 5.75. The molecule has 0 fully saturated rings. The van der Waals surface area contributed by atoms with Crippen LogP contribution in [0.4, 0.5) is 5.82 Å². The topological polar surface area (TPSA) is 85.5 Å². The Balaban J connectivity index is 1.91. The number of nitrogens with zero attached hydrogens (tertiary/aromatic N) is 1. The summed E-state index contributed by atoms with van der Waals surface area (Å²) in [6, 6.07) is 5.66. The van der Waals surface area contributed by atoms with E-state index >= 15 is 0 Å². The van der Waals surface area contributed by atoms with Gasteiger partial charge in [-0.3, -0.25) is 5.10 Å². The van der Waals surface area contributed by atoms with Crippen LogP contribution in [0, 0.1) is 6.92 Å². The number of carbonyl (C=O) groups excluding carboxylic acids is 1. The summed E-state index contributed by atoms with van der Waals surface area (Å²) in [5, 5.41) is 10.5. The van der Waals surface area contributed by atoms with Crippen LogP contribution in [0.15, 0.2) is 29.5 Å². The summed E-state index contributed by atoms with van der Waals surface area (Å²) in [5.41, 5.74) is 4.16. The van der Waals surface area contributed by atoms with Gasteiger partial charge < -0.3 is 19.5 Å². The highest BCUT2D eigenvalue weighted by Gasteiger charge is 2.40. The SMILES string of the molecule is COc1ccc(C2C3=C(COC3=O)Nc3n[nH]c(C)c32)cc1OC. The first-order valence-electron chi connectivity index (χ1n) is 7.58. The number of aromatic amines is 1. The number of benzene rings is 1. The first kappa shape index (κ1) is 14.6. The van der Waals surface area contributed by atoms with Crippen LogP contribution in [0.1, 0.15) is 22.7 Å². The van der Waals surface area contributed by atoms with Gasteiger partial charge in [0.2, 0.25) is 0 Å². The third-order valence-electron chi connectivity index (χ3n) is 4.47. The van der Waals surface area contributed by atoms with Crippen molar-refractivity contribution >= 4 is 11.8 Å². The number of methoxy groups -OCH3 is 2. The second kappa shape index (κ2) is 5.30. The fourth-order valence-electron chi connectivity index (χ4n) is 3.35. The van der Waals surface area contributed by atoms with Crippen molar-refractivity contribution in [3.63, 3.8) is 0 Å². The van der Waals surface area contributed by atoms with E-state index < -0.39 is 0 Å². The van der Waals surface area contributed by atoms with Gasteiger partial charge in [-0.25, -0.2) is 4.79 Å². The van der Waals surface area contributed by atoms with Gasteiger partial charge in [-0.05, 0) is 24.6 Å².